The molecular formula is C25H27N3O6. The van der Waals surface area contributed by atoms with Gasteiger partial charge in [0.05, 0.1) is 7.11 Å². The van der Waals surface area contributed by atoms with Crippen LogP contribution in [-0.4, -0.2) is 59.7 Å². The lowest BCUT2D eigenvalue weighted by molar-refractivity contribution is -0.139. The molecule has 1 unspecified atom stereocenters. The van der Waals surface area contributed by atoms with Gasteiger partial charge in [0.2, 0.25) is 12.7 Å². The van der Waals surface area contributed by atoms with Crippen LogP contribution in [-0.2, 0) is 22.6 Å². The zero-order chi connectivity index (χ0) is 23.9. The van der Waals surface area contributed by atoms with Gasteiger partial charge in [0.15, 0.2) is 11.5 Å². The number of rotatable bonds is 8. The fraction of sp³-hybridized carbons (Fsp3) is 0.400. The zero-order valence-corrected chi connectivity index (χ0v) is 19.2. The van der Waals surface area contributed by atoms with Gasteiger partial charge in [-0.1, -0.05) is 18.2 Å². The summed E-state index contributed by atoms with van der Waals surface area (Å²) in [6.45, 7) is 1.98. The van der Waals surface area contributed by atoms with Gasteiger partial charge in [-0.15, -0.1) is 0 Å². The first-order valence-electron chi connectivity index (χ1n) is 11.3. The first-order valence-corrected chi connectivity index (χ1v) is 11.3. The molecule has 1 saturated carbocycles. The number of fused-ring (bicyclic) bond motifs is 1. The Morgan fingerprint density at radius 1 is 1.12 bits per heavy atom. The molecule has 1 saturated heterocycles. The highest BCUT2D eigenvalue weighted by Gasteiger charge is 2.49. The van der Waals surface area contributed by atoms with Gasteiger partial charge in [-0.3, -0.25) is 14.5 Å². The molecule has 1 aliphatic carbocycles. The van der Waals surface area contributed by atoms with Crippen LogP contribution in [0.25, 0.3) is 0 Å². The fourth-order valence-electron chi connectivity index (χ4n) is 4.43. The smallest absolute Gasteiger partial charge is 0.325 e. The highest BCUT2D eigenvalue weighted by Crippen LogP contribution is 2.34. The Bertz CT molecular complexity index is 1130. The number of hydrogen-bond donors (Lipinski definition) is 1. The van der Waals surface area contributed by atoms with Crippen LogP contribution in [0.15, 0.2) is 42.5 Å². The summed E-state index contributed by atoms with van der Waals surface area (Å²) in [5.41, 5.74) is 0.643. The second-order valence-corrected chi connectivity index (χ2v) is 9.12. The molecule has 0 radical (unpaired) electrons. The Balaban J connectivity index is 1.27. The van der Waals surface area contributed by atoms with Crippen LogP contribution in [0, 0.1) is 0 Å². The minimum absolute atomic E-state index is 0.135. The Labute approximate surface area is 197 Å². The molecule has 178 valence electrons. The highest BCUT2D eigenvalue weighted by molar-refractivity contribution is 6.09. The molecule has 5 rings (SSSR count). The minimum Gasteiger partial charge on any atom is -0.497 e. The van der Waals surface area contributed by atoms with Crippen molar-refractivity contribution in [2.75, 3.05) is 20.4 Å². The summed E-state index contributed by atoms with van der Waals surface area (Å²) in [6.07, 6.45) is 2.12. The van der Waals surface area contributed by atoms with Gasteiger partial charge in [-0.2, -0.15) is 0 Å². The molecule has 0 bridgehead atoms. The molecule has 0 spiro atoms. The van der Waals surface area contributed by atoms with Gasteiger partial charge >= 0.3 is 6.03 Å². The zero-order valence-electron chi connectivity index (χ0n) is 19.2. The van der Waals surface area contributed by atoms with Crippen LogP contribution in [0.1, 0.15) is 30.9 Å². The third-order valence-corrected chi connectivity index (χ3v) is 6.45. The molecule has 2 aliphatic heterocycles. The molecule has 0 aromatic heterocycles. The molecule has 4 amide bonds. The number of nitrogens with one attached hydrogen (secondary N) is 1. The van der Waals surface area contributed by atoms with Crippen molar-refractivity contribution in [3.05, 3.63) is 53.6 Å². The van der Waals surface area contributed by atoms with Crippen molar-refractivity contribution < 1.29 is 28.6 Å². The van der Waals surface area contributed by atoms with E-state index in [-0.39, 0.29) is 31.7 Å². The average molecular weight is 466 g/mol. The van der Waals surface area contributed by atoms with E-state index >= 15 is 0 Å². The second kappa shape index (κ2) is 8.55. The van der Waals surface area contributed by atoms with Crippen molar-refractivity contribution >= 4 is 17.8 Å². The van der Waals surface area contributed by atoms with Crippen LogP contribution >= 0.6 is 0 Å². The van der Waals surface area contributed by atoms with Crippen LogP contribution in [0.2, 0.25) is 0 Å². The fourth-order valence-corrected chi connectivity index (χ4v) is 4.43. The number of hydrogen-bond acceptors (Lipinski definition) is 6. The minimum atomic E-state index is -1.15. The summed E-state index contributed by atoms with van der Waals surface area (Å²) in [6, 6.07) is 12.6. The normalized spacial score (nSPS) is 20.9. The summed E-state index contributed by atoms with van der Waals surface area (Å²) in [5.74, 6) is 1.36. The summed E-state index contributed by atoms with van der Waals surface area (Å²) >= 11 is 0. The van der Waals surface area contributed by atoms with Crippen LogP contribution < -0.4 is 19.5 Å². The Morgan fingerprint density at radius 2 is 1.82 bits per heavy atom. The largest absolute Gasteiger partial charge is 0.497 e. The second-order valence-electron chi connectivity index (χ2n) is 9.12. The van der Waals surface area contributed by atoms with E-state index < -0.39 is 17.5 Å². The van der Waals surface area contributed by atoms with E-state index in [0.29, 0.717) is 18.0 Å². The molecule has 2 aromatic rings. The van der Waals surface area contributed by atoms with Crippen molar-refractivity contribution in [2.45, 2.75) is 44.3 Å². The summed E-state index contributed by atoms with van der Waals surface area (Å²) in [4.78, 5) is 41.9. The molecule has 1 atom stereocenters. The summed E-state index contributed by atoms with van der Waals surface area (Å²) in [5, 5.41) is 2.78. The topological polar surface area (TPSA) is 97.4 Å². The third kappa shape index (κ3) is 4.25. The SMILES string of the molecule is COc1ccc(CN(C(=O)CN2C(=O)NC(C)(Cc3ccc4c(c3)OCO4)C2=O)C2CC2)cc1. The molecule has 9 heteroatoms. The van der Waals surface area contributed by atoms with Gasteiger partial charge in [0, 0.05) is 19.0 Å². The highest BCUT2D eigenvalue weighted by atomic mass is 16.7. The molecule has 2 fully saturated rings. The Morgan fingerprint density at radius 3 is 2.53 bits per heavy atom. The average Bonchev–Trinajstić information content (AvgIpc) is 3.52. The molecule has 2 heterocycles. The molecule has 3 aliphatic rings. The summed E-state index contributed by atoms with van der Waals surface area (Å²) < 4.78 is 15.9. The summed E-state index contributed by atoms with van der Waals surface area (Å²) in [7, 11) is 1.60. The third-order valence-electron chi connectivity index (χ3n) is 6.45. The van der Waals surface area contributed by atoms with Gasteiger partial charge in [-0.25, -0.2) is 4.79 Å². The Kier molecular flexibility index (Phi) is 5.55. The maximum Gasteiger partial charge on any atom is 0.325 e. The number of methoxy groups -OCH3 is 1. The van der Waals surface area contributed by atoms with E-state index in [1.807, 2.05) is 36.4 Å². The number of urea groups is 1. The number of carbonyl (C=O) groups excluding carboxylic acids is 3. The number of carbonyl (C=O) groups is 3. The number of ether oxygens (including phenoxy) is 3. The van der Waals surface area contributed by atoms with E-state index in [1.165, 1.54) is 0 Å². The Hall–Kier alpha value is -3.75. The van der Waals surface area contributed by atoms with Crippen LogP contribution in [0.3, 0.4) is 0 Å². The first kappa shape index (κ1) is 22.1. The quantitative estimate of drug-likeness (QED) is 0.602. The van der Waals surface area contributed by atoms with Crippen LogP contribution in [0.4, 0.5) is 4.79 Å². The maximum absolute atomic E-state index is 13.3. The predicted molar refractivity (Wildman–Crippen MR) is 121 cm³/mol. The molecular weight excluding hydrogens is 438 g/mol. The van der Waals surface area contributed by atoms with Crippen molar-refractivity contribution in [3.63, 3.8) is 0 Å². The standard InChI is InChI=1S/C25H27N3O6/c1-25(12-17-5-10-20-21(11-17)34-15-33-20)23(30)28(24(31)26-25)14-22(29)27(18-6-7-18)13-16-3-8-19(32-2)9-4-16/h3-5,8-11,18H,6-7,12-15H2,1-2H3,(H,26,31). The van der Waals surface area contributed by atoms with Gasteiger partial charge in [0.1, 0.15) is 17.8 Å². The molecule has 1 N–H and O–H groups in total. The maximum atomic E-state index is 13.3. The number of benzene rings is 2. The van der Waals surface area contributed by atoms with Gasteiger partial charge in [-0.05, 0) is 55.2 Å². The molecule has 2 aromatic carbocycles. The van der Waals surface area contributed by atoms with E-state index in [2.05, 4.69) is 5.32 Å². The first-order chi connectivity index (χ1) is 16.4. The van der Waals surface area contributed by atoms with E-state index in [4.69, 9.17) is 14.2 Å². The lowest BCUT2D eigenvalue weighted by atomic mass is 9.92. The number of nitrogens with zero attached hydrogens (tertiary/aromatic N) is 2. The predicted octanol–water partition coefficient (Wildman–Crippen LogP) is 2.47. The molecule has 34 heavy (non-hydrogen) atoms. The van der Waals surface area contributed by atoms with E-state index in [0.717, 1.165) is 34.6 Å². The number of imide groups is 1. The van der Waals surface area contributed by atoms with Crippen molar-refractivity contribution in [1.82, 2.24) is 15.1 Å². The van der Waals surface area contributed by atoms with Gasteiger partial charge in [0.25, 0.3) is 5.91 Å². The van der Waals surface area contributed by atoms with Crippen molar-refractivity contribution in [3.8, 4) is 17.2 Å². The van der Waals surface area contributed by atoms with Gasteiger partial charge < -0.3 is 24.4 Å². The lowest BCUT2D eigenvalue weighted by Crippen LogP contribution is -2.47. The molecule has 9 nitrogen and oxygen atoms in total. The van der Waals surface area contributed by atoms with Crippen molar-refractivity contribution in [1.29, 1.82) is 0 Å². The lowest BCUT2D eigenvalue weighted by Gasteiger charge is -2.25. The van der Waals surface area contributed by atoms with E-state index in [1.54, 1.807) is 25.0 Å². The van der Waals surface area contributed by atoms with E-state index in [9.17, 15) is 14.4 Å². The van der Waals surface area contributed by atoms with Crippen LogP contribution in [0.5, 0.6) is 17.2 Å². The number of amides is 4. The monoisotopic (exact) mass is 465 g/mol. The van der Waals surface area contributed by atoms with Crippen molar-refractivity contribution in [2.24, 2.45) is 0 Å².